The van der Waals surface area contributed by atoms with Crippen molar-refractivity contribution in [2.24, 2.45) is 0 Å². The fourth-order valence-electron chi connectivity index (χ4n) is 3.55. The standard InChI is InChI=1S/C21H22O4/c1-12-17(22)6-5-15(19(12)23)14-10-13-4-7-18-16(20(13)24-11-14)8-9-21(2,3)25-18/h4-9,14,22-23H,10-11H2,1-3H3. The lowest BCUT2D eigenvalue weighted by Gasteiger charge is -2.32. The van der Waals surface area contributed by atoms with Crippen LogP contribution in [0, 0.1) is 6.92 Å². The molecule has 2 aromatic carbocycles. The number of phenols is 2. The van der Waals surface area contributed by atoms with E-state index in [-0.39, 0.29) is 23.0 Å². The molecule has 0 amide bonds. The SMILES string of the molecule is Cc1c(O)ccc(C2COc3c(ccc4c3C=CC(C)(C)O4)C2)c1O. The predicted octanol–water partition coefficient (Wildman–Crippen LogP) is 4.31. The van der Waals surface area contributed by atoms with Crippen LogP contribution in [0.25, 0.3) is 6.08 Å². The molecule has 0 bridgehead atoms. The zero-order chi connectivity index (χ0) is 17.8. The number of benzene rings is 2. The molecule has 4 rings (SSSR count). The van der Waals surface area contributed by atoms with Crippen LogP contribution in [-0.2, 0) is 6.42 Å². The lowest BCUT2D eigenvalue weighted by atomic mass is 9.87. The van der Waals surface area contributed by atoms with Crippen molar-refractivity contribution in [1.82, 2.24) is 0 Å². The van der Waals surface area contributed by atoms with Crippen molar-refractivity contribution in [3.63, 3.8) is 0 Å². The highest BCUT2D eigenvalue weighted by molar-refractivity contribution is 5.69. The van der Waals surface area contributed by atoms with Crippen LogP contribution in [0.2, 0.25) is 0 Å². The summed E-state index contributed by atoms with van der Waals surface area (Å²) >= 11 is 0. The molecule has 0 radical (unpaired) electrons. The zero-order valence-electron chi connectivity index (χ0n) is 14.7. The van der Waals surface area contributed by atoms with E-state index in [0.29, 0.717) is 12.2 Å². The van der Waals surface area contributed by atoms with Crippen molar-refractivity contribution in [3.8, 4) is 23.0 Å². The second kappa shape index (κ2) is 5.45. The summed E-state index contributed by atoms with van der Waals surface area (Å²) in [5.74, 6) is 2.02. The highest BCUT2D eigenvalue weighted by Gasteiger charge is 2.30. The average molecular weight is 338 g/mol. The van der Waals surface area contributed by atoms with Crippen molar-refractivity contribution >= 4 is 6.08 Å². The monoisotopic (exact) mass is 338 g/mol. The summed E-state index contributed by atoms with van der Waals surface area (Å²) < 4.78 is 12.1. The fourth-order valence-corrected chi connectivity index (χ4v) is 3.55. The predicted molar refractivity (Wildman–Crippen MR) is 96.6 cm³/mol. The molecule has 1 unspecified atom stereocenters. The lowest BCUT2D eigenvalue weighted by molar-refractivity contribution is 0.157. The molecule has 0 aromatic heterocycles. The van der Waals surface area contributed by atoms with Crippen molar-refractivity contribution in [2.75, 3.05) is 6.61 Å². The molecule has 0 saturated carbocycles. The number of aromatic hydroxyl groups is 2. The number of hydrogen-bond donors (Lipinski definition) is 2. The van der Waals surface area contributed by atoms with Crippen LogP contribution in [0.15, 0.2) is 30.3 Å². The van der Waals surface area contributed by atoms with E-state index in [1.807, 2.05) is 32.1 Å². The van der Waals surface area contributed by atoms with Crippen molar-refractivity contribution in [3.05, 3.63) is 52.6 Å². The van der Waals surface area contributed by atoms with Gasteiger partial charge in [0.15, 0.2) is 0 Å². The molecule has 2 aromatic rings. The lowest BCUT2D eigenvalue weighted by Crippen LogP contribution is -2.28. The average Bonchev–Trinajstić information content (AvgIpc) is 2.58. The third kappa shape index (κ3) is 2.62. The Bertz CT molecular complexity index is 880. The molecule has 130 valence electrons. The van der Waals surface area contributed by atoms with Gasteiger partial charge in [0.2, 0.25) is 0 Å². The molecule has 2 aliphatic heterocycles. The molecule has 25 heavy (non-hydrogen) atoms. The minimum absolute atomic E-state index is 0.0507. The zero-order valence-corrected chi connectivity index (χ0v) is 14.7. The molecular weight excluding hydrogens is 316 g/mol. The number of fused-ring (bicyclic) bond motifs is 3. The van der Waals surface area contributed by atoms with Crippen molar-refractivity contribution in [2.45, 2.75) is 38.7 Å². The largest absolute Gasteiger partial charge is 0.508 e. The van der Waals surface area contributed by atoms with E-state index in [1.54, 1.807) is 19.1 Å². The molecule has 2 aliphatic rings. The highest BCUT2D eigenvalue weighted by Crippen LogP contribution is 2.44. The van der Waals surface area contributed by atoms with Crippen LogP contribution in [0.4, 0.5) is 0 Å². The number of hydrogen-bond acceptors (Lipinski definition) is 4. The Kier molecular flexibility index (Phi) is 3.46. The first-order chi connectivity index (χ1) is 11.9. The molecule has 0 saturated heterocycles. The van der Waals surface area contributed by atoms with E-state index in [1.165, 1.54) is 0 Å². The Hall–Kier alpha value is -2.62. The van der Waals surface area contributed by atoms with Crippen molar-refractivity contribution in [1.29, 1.82) is 0 Å². The smallest absolute Gasteiger partial charge is 0.133 e. The van der Waals surface area contributed by atoms with Gasteiger partial charge >= 0.3 is 0 Å². The van der Waals surface area contributed by atoms with Gasteiger partial charge in [-0.05, 0) is 57.0 Å². The summed E-state index contributed by atoms with van der Waals surface area (Å²) in [7, 11) is 0. The van der Waals surface area contributed by atoms with Gasteiger partial charge < -0.3 is 19.7 Å². The summed E-state index contributed by atoms with van der Waals surface area (Å²) in [5, 5.41) is 20.1. The molecule has 2 heterocycles. The van der Waals surface area contributed by atoms with Crippen molar-refractivity contribution < 1.29 is 19.7 Å². The molecule has 0 fully saturated rings. The molecule has 0 spiro atoms. The first-order valence-electron chi connectivity index (χ1n) is 8.54. The Morgan fingerprint density at radius 1 is 1.12 bits per heavy atom. The van der Waals surface area contributed by atoms with Crippen LogP contribution in [-0.4, -0.2) is 22.4 Å². The molecule has 4 nitrogen and oxygen atoms in total. The molecular formula is C21H22O4. The third-order valence-corrected chi connectivity index (χ3v) is 5.03. The molecule has 4 heteroatoms. The maximum atomic E-state index is 10.4. The van der Waals surface area contributed by atoms with E-state index in [2.05, 4.69) is 6.08 Å². The third-order valence-electron chi connectivity index (χ3n) is 5.03. The van der Waals surface area contributed by atoms with E-state index in [0.717, 1.165) is 34.6 Å². The maximum absolute atomic E-state index is 10.4. The second-order valence-corrected chi connectivity index (χ2v) is 7.36. The fraction of sp³-hybridized carbons (Fsp3) is 0.333. The van der Waals surface area contributed by atoms with Gasteiger partial charge in [0.1, 0.15) is 28.6 Å². The van der Waals surface area contributed by atoms with Crippen LogP contribution in [0.1, 0.15) is 42.0 Å². The van der Waals surface area contributed by atoms with Crippen LogP contribution >= 0.6 is 0 Å². The minimum atomic E-state index is -0.312. The first-order valence-corrected chi connectivity index (χ1v) is 8.54. The Labute approximate surface area is 147 Å². The van der Waals surface area contributed by atoms with Crippen LogP contribution in [0.3, 0.4) is 0 Å². The van der Waals surface area contributed by atoms with Gasteiger partial charge in [0.25, 0.3) is 0 Å². The summed E-state index contributed by atoms with van der Waals surface area (Å²) in [5.41, 5.74) is 3.10. The van der Waals surface area contributed by atoms with Gasteiger partial charge in [-0.15, -0.1) is 0 Å². The van der Waals surface area contributed by atoms with Gasteiger partial charge in [0.05, 0.1) is 12.2 Å². The molecule has 1 atom stereocenters. The highest BCUT2D eigenvalue weighted by atomic mass is 16.5. The topological polar surface area (TPSA) is 58.9 Å². The Balaban J connectivity index is 1.69. The van der Waals surface area contributed by atoms with E-state index in [9.17, 15) is 10.2 Å². The van der Waals surface area contributed by atoms with E-state index in [4.69, 9.17) is 9.47 Å². The van der Waals surface area contributed by atoms with E-state index < -0.39 is 0 Å². The van der Waals surface area contributed by atoms with Gasteiger partial charge in [-0.25, -0.2) is 0 Å². The van der Waals surface area contributed by atoms with Gasteiger partial charge in [0, 0.05) is 17.0 Å². The number of ether oxygens (including phenoxy) is 2. The normalized spacial score (nSPS) is 20.2. The summed E-state index contributed by atoms with van der Waals surface area (Å²) in [4.78, 5) is 0. The Morgan fingerprint density at radius 3 is 2.72 bits per heavy atom. The van der Waals surface area contributed by atoms with Crippen LogP contribution < -0.4 is 9.47 Å². The van der Waals surface area contributed by atoms with Crippen LogP contribution in [0.5, 0.6) is 23.0 Å². The number of rotatable bonds is 1. The van der Waals surface area contributed by atoms with Gasteiger partial charge in [-0.1, -0.05) is 12.1 Å². The quantitative estimate of drug-likeness (QED) is 0.813. The van der Waals surface area contributed by atoms with E-state index >= 15 is 0 Å². The second-order valence-electron chi connectivity index (χ2n) is 7.36. The van der Waals surface area contributed by atoms with Gasteiger partial charge in [-0.3, -0.25) is 0 Å². The first kappa shape index (κ1) is 15.9. The maximum Gasteiger partial charge on any atom is 0.133 e. The number of phenolic OH excluding ortho intramolecular Hbond substituents is 2. The Morgan fingerprint density at radius 2 is 1.92 bits per heavy atom. The minimum Gasteiger partial charge on any atom is -0.508 e. The van der Waals surface area contributed by atoms with Gasteiger partial charge in [-0.2, -0.15) is 0 Å². The summed E-state index contributed by atoms with van der Waals surface area (Å²) in [6, 6.07) is 7.44. The molecule has 0 aliphatic carbocycles. The molecule has 2 N–H and O–H groups in total. The summed E-state index contributed by atoms with van der Waals surface area (Å²) in [6.45, 7) is 6.25. The summed E-state index contributed by atoms with van der Waals surface area (Å²) in [6.07, 6.45) is 4.89.